The van der Waals surface area contributed by atoms with E-state index >= 15 is 0 Å². The molecule has 4 aromatic rings. The summed E-state index contributed by atoms with van der Waals surface area (Å²) in [5, 5.41) is 2.24. The normalized spacial score (nSPS) is 11.0. The van der Waals surface area contributed by atoms with Crippen molar-refractivity contribution < 1.29 is 9.53 Å². The van der Waals surface area contributed by atoms with E-state index in [-0.39, 0.29) is 5.78 Å². The lowest BCUT2D eigenvalue weighted by Gasteiger charge is -2.10. The molecule has 4 heteroatoms. The minimum absolute atomic E-state index is 0.218. The van der Waals surface area contributed by atoms with Crippen molar-refractivity contribution >= 4 is 16.6 Å². The van der Waals surface area contributed by atoms with E-state index in [0.29, 0.717) is 32.6 Å². The number of ether oxygens (including phenoxy) is 1. The van der Waals surface area contributed by atoms with E-state index in [9.17, 15) is 4.79 Å². The van der Waals surface area contributed by atoms with Gasteiger partial charge >= 0.3 is 0 Å². The van der Waals surface area contributed by atoms with Crippen LogP contribution in [0.2, 0.25) is 0 Å². The second-order valence-electron chi connectivity index (χ2n) is 8.01. The number of nitrogens with two attached hydrogens (primary N) is 1. The molecule has 1 heterocycles. The third kappa shape index (κ3) is 5.67. The highest BCUT2D eigenvalue weighted by Gasteiger charge is 2.09. The van der Waals surface area contributed by atoms with Gasteiger partial charge in [0.2, 0.25) is 0 Å². The quantitative estimate of drug-likeness (QED) is 0.359. The molecule has 162 valence electrons. The Kier molecular flexibility index (Phi) is 7.38. The van der Waals surface area contributed by atoms with Gasteiger partial charge in [-0.05, 0) is 46.7 Å². The molecule has 2 N–H and O–H groups in total. The standard InChI is InChI=1S/C28H28N2O2/c29-13-4-14-32-20-23-9-12-25-18-30-19-28(27(25)17-23)24-10-7-22(8-11-24)16-26(31)15-21-5-2-1-3-6-21/h1-3,5-12,17-19H,4,13-16,20,29H2. The van der Waals surface area contributed by atoms with Crippen molar-refractivity contribution in [2.24, 2.45) is 5.73 Å². The Hall–Kier alpha value is -3.34. The molecule has 0 fully saturated rings. The van der Waals surface area contributed by atoms with Crippen LogP contribution < -0.4 is 5.73 Å². The van der Waals surface area contributed by atoms with Crippen LogP contribution in [0.4, 0.5) is 0 Å². The highest BCUT2D eigenvalue weighted by atomic mass is 16.5. The average molecular weight is 425 g/mol. The van der Waals surface area contributed by atoms with E-state index in [1.165, 1.54) is 0 Å². The first-order chi connectivity index (χ1) is 15.7. The van der Waals surface area contributed by atoms with Crippen LogP contribution in [0.5, 0.6) is 0 Å². The van der Waals surface area contributed by atoms with Crippen molar-refractivity contribution in [3.63, 3.8) is 0 Å². The highest BCUT2D eigenvalue weighted by molar-refractivity contribution is 5.96. The number of pyridine rings is 1. The molecule has 32 heavy (non-hydrogen) atoms. The van der Waals surface area contributed by atoms with Gasteiger partial charge in [-0.3, -0.25) is 9.78 Å². The predicted molar refractivity (Wildman–Crippen MR) is 129 cm³/mol. The largest absolute Gasteiger partial charge is 0.377 e. The minimum Gasteiger partial charge on any atom is -0.377 e. The molecular weight excluding hydrogens is 396 g/mol. The zero-order chi connectivity index (χ0) is 22.2. The van der Waals surface area contributed by atoms with Crippen LogP contribution in [-0.4, -0.2) is 23.9 Å². The van der Waals surface area contributed by atoms with Gasteiger partial charge in [-0.1, -0.05) is 66.7 Å². The summed E-state index contributed by atoms with van der Waals surface area (Å²) in [6, 6.07) is 24.4. The average Bonchev–Trinajstić information content (AvgIpc) is 2.82. The first-order valence-electron chi connectivity index (χ1n) is 11.0. The molecule has 0 radical (unpaired) electrons. The molecule has 0 spiro atoms. The summed E-state index contributed by atoms with van der Waals surface area (Å²) < 4.78 is 5.72. The fourth-order valence-corrected chi connectivity index (χ4v) is 3.82. The van der Waals surface area contributed by atoms with Gasteiger partial charge in [0, 0.05) is 42.8 Å². The Morgan fingerprint density at radius 3 is 2.31 bits per heavy atom. The van der Waals surface area contributed by atoms with Crippen molar-refractivity contribution in [3.05, 3.63) is 102 Å². The number of aromatic nitrogens is 1. The third-order valence-corrected chi connectivity index (χ3v) is 5.50. The molecule has 3 aromatic carbocycles. The van der Waals surface area contributed by atoms with Gasteiger partial charge in [0.05, 0.1) is 6.61 Å². The Labute approximate surface area is 189 Å². The fourth-order valence-electron chi connectivity index (χ4n) is 3.82. The lowest BCUT2D eigenvalue weighted by atomic mass is 9.97. The lowest BCUT2D eigenvalue weighted by Crippen LogP contribution is -2.06. The molecule has 0 atom stereocenters. The minimum atomic E-state index is 0.218. The zero-order valence-corrected chi connectivity index (χ0v) is 18.2. The van der Waals surface area contributed by atoms with Gasteiger partial charge in [0.15, 0.2) is 0 Å². The van der Waals surface area contributed by atoms with E-state index < -0.39 is 0 Å². The Morgan fingerprint density at radius 2 is 1.56 bits per heavy atom. The van der Waals surface area contributed by atoms with Crippen LogP contribution in [-0.2, 0) is 29.0 Å². The Bertz CT molecular complexity index is 1170. The number of rotatable bonds is 10. The Morgan fingerprint density at radius 1 is 0.844 bits per heavy atom. The summed E-state index contributed by atoms with van der Waals surface area (Å²) in [5.74, 6) is 0.218. The first-order valence-corrected chi connectivity index (χ1v) is 11.0. The smallest absolute Gasteiger partial charge is 0.141 e. The fraction of sp³-hybridized carbons (Fsp3) is 0.214. The molecule has 4 rings (SSSR count). The zero-order valence-electron chi connectivity index (χ0n) is 18.2. The van der Waals surface area contributed by atoms with Crippen molar-refractivity contribution in [2.75, 3.05) is 13.2 Å². The lowest BCUT2D eigenvalue weighted by molar-refractivity contribution is -0.117. The number of nitrogens with zero attached hydrogens (tertiary/aromatic N) is 1. The van der Waals surface area contributed by atoms with Crippen LogP contribution in [0.3, 0.4) is 0 Å². The second kappa shape index (κ2) is 10.8. The van der Waals surface area contributed by atoms with Crippen molar-refractivity contribution in [2.45, 2.75) is 25.9 Å². The van der Waals surface area contributed by atoms with Gasteiger partial charge in [0.1, 0.15) is 5.78 Å². The molecule has 0 saturated carbocycles. The van der Waals surface area contributed by atoms with Crippen LogP contribution in [0.25, 0.3) is 21.9 Å². The van der Waals surface area contributed by atoms with Crippen LogP contribution in [0, 0.1) is 0 Å². The van der Waals surface area contributed by atoms with Crippen molar-refractivity contribution in [1.29, 1.82) is 0 Å². The van der Waals surface area contributed by atoms with Gasteiger partial charge in [-0.15, -0.1) is 0 Å². The second-order valence-corrected chi connectivity index (χ2v) is 8.01. The van der Waals surface area contributed by atoms with Crippen LogP contribution in [0.1, 0.15) is 23.1 Å². The predicted octanol–water partition coefficient (Wildman–Crippen LogP) is 5.12. The van der Waals surface area contributed by atoms with Gasteiger partial charge in [-0.2, -0.15) is 0 Å². The monoisotopic (exact) mass is 424 g/mol. The molecule has 0 unspecified atom stereocenters. The maximum Gasteiger partial charge on any atom is 0.141 e. The number of hydrogen-bond donors (Lipinski definition) is 1. The summed E-state index contributed by atoms with van der Waals surface area (Å²) in [5.41, 5.74) is 10.9. The van der Waals surface area contributed by atoms with Crippen LogP contribution in [0.15, 0.2) is 85.2 Å². The van der Waals surface area contributed by atoms with E-state index in [1.54, 1.807) is 0 Å². The maximum atomic E-state index is 12.4. The summed E-state index contributed by atoms with van der Waals surface area (Å²) >= 11 is 0. The van der Waals surface area contributed by atoms with E-state index in [1.807, 2.05) is 54.9 Å². The SMILES string of the molecule is NCCCOCc1ccc2cncc(-c3ccc(CC(=O)Cc4ccccc4)cc3)c2c1. The number of fused-ring (bicyclic) bond motifs is 1. The molecule has 0 bridgehead atoms. The summed E-state index contributed by atoms with van der Waals surface area (Å²) in [7, 11) is 0. The summed E-state index contributed by atoms with van der Waals surface area (Å²) in [4.78, 5) is 16.9. The van der Waals surface area contributed by atoms with Gasteiger partial charge in [0.25, 0.3) is 0 Å². The summed E-state index contributed by atoms with van der Waals surface area (Å²) in [6.07, 6.45) is 5.55. The van der Waals surface area contributed by atoms with Gasteiger partial charge < -0.3 is 10.5 Å². The first kappa shape index (κ1) is 21.9. The molecule has 1 aromatic heterocycles. The molecule has 0 saturated heterocycles. The van der Waals surface area contributed by atoms with Crippen molar-refractivity contribution in [3.8, 4) is 11.1 Å². The number of hydrogen-bond acceptors (Lipinski definition) is 4. The maximum absolute atomic E-state index is 12.4. The van der Waals surface area contributed by atoms with Crippen molar-refractivity contribution in [1.82, 2.24) is 4.98 Å². The number of carbonyl (C=O) groups is 1. The topological polar surface area (TPSA) is 65.2 Å². The Balaban J connectivity index is 1.49. The third-order valence-electron chi connectivity index (χ3n) is 5.50. The van der Waals surface area contributed by atoms with E-state index in [4.69, 9.17) is 10.5 Å². The number of ketones is 1. The van der Waals surface area contributed by atoms with Crippen LogP contribution >= 0.6 is 0 Å². The summed E-state index contributed by atoms with van der Waals surface area (Å²) in [6.45, 7) is 1.88. The molecule has 0 aliphatic heterocycles. The number of benzene rings is 3. The molecule has 4 nitrogen and oxygen atoms in total. The van der Waals surface area contributed by atoms with E-state index in [0.717, 1.165) is 45.0 Å². The molecule has 0 aliphatic carbocycles. The molecule has 0 amide bonds. The van der Waals surface area contributed by atoms with Gasteiger partial charge in [-0.25, -0.2) is 0 Å². The highest BCUT2D eigenvalue weighted by Crippen LogP contribution is 2.29. The number of Topliss-reactive ketones (excluding diaryl/α,β-unsaturated/α-hetero) is 1. The molecule has 0 aliphatic rings. The van der Waals surface area contributed by atoms with E-state index in [2.05, 4.69) is 35.3 Å². The molecular formula is C28H28N2O2. The number of carbonyl (C=O) groups excluding carboxylic acids is 1.